The summed E-state index contributed by atoms with van der Waals surface area (Å²) in [6, 6.07) is 5.95. The third-order valence-electron chi connectivity index (χ3n) is 2.27. The average molecular weight is 236 g/mol. The Morgan fingerprint density at radius 2 is 2.06 bits per heavy atom. The van der Waals surface area contributed by atoms with Crippen molar-refractivity contribution in [3.8, 4) is 0 Å². The predicted octanol–water partition coefficient (Wildman–Crippen LogP) is 2.31. The van der Waals surface area contributed by atoms with Crippen LogP contribution in [0.1, 0.15) is 24.0 Å². The smallest absolute Gasteiger partial charge is 0.224 e. The van der Waals surface area contributed by atoms with E-state index in [1.165, 1.54) is 0 Å². The molecule has 0 aliphatic rings. The molecular weight excluding hydrogens is 220 g/mol. The van der Waals surface area contributed by atoms with Crippen molar-refractivity contribution in [2.75, 3.05) is 5.32 Å². The number of rotatable bonds is 4. The van der Waals surface area contributed by atoms with E-state index in [0.717, 1.165) is 16.8 Å². The van der Waals surface area contributed by atoms with E-state index in [-0.39, 0.29) is 5.91 Å². The van der Waals surface area contributed by atoms with E-state index in [1.54, 1.807) is 0 Å². The lowest BCUT2D eigenvalue weighted by Gasteiger charge is -2.08. The topological polar surface area (TPSA) is 55.1 Å². The Balaban J connectivity index is 2.62. The molecule has 0 spiro atoms. The van der Waals surface area contributed by atoms with Crippen molar-refractivity contribution in [3.63, 3.8) is 0 Å². The van der Waals surface area contributed by atoms with Crippen LogP contribution in [0.3, 0.4) is 0 Å². The Kier molecular flexibility index (Phi) is 4.43. The molecule has 1 aromatic carbocycles. The van der Waals surface area contributed by atoms with E-state index in [9.17, 15) is 4.79 Å². The summed E-state index contributed by atoms with van der Waals surface area (Å²) >= 11 is 4.72. The molecule has 0 fully saturated rings. The summed E-state index contributed by atoms with van der Waals surface area (Å²) in [5.74, 6) is -0.0542. The highest BCUT2D eigenvalue weighted by Crippen LogP contribution is 2.16. The van der Waals surface area contributed by atoms with Gasteiger partial charge in [0, 0.05) is 18.5 Å². The van der Waals surface area contributed by atoms with Gasteiger partial charge in [-0.2, -0.15) is 0 Å². The van der Waals surface area contributed by atoms with Gasteiger partial charge in [0.15, 0.2) is 0 Å². The zero-order valence-electron chi connectivity index (χ0n) is 9.54. The summed E-state index contributed by atoms with van der Waals surface area (Å²) in [4.78, 5) is 11.9. The molecule has 0 saturated carbocycles. The number of benzene rings is 1. The maximum atomic E-state index is 11.6. The number of anilines is 1. The molecule has 3 nitrogen and oxygen atoms in total. The molecule has 0 aliphatic carbocycles. The zero-order chi connectivity index (χ0) is 12.1. The van der Waals surface area contributed by atoms with Crippen molar-refractivity contribution in [2.45, 2.75) is 26.7 Å². The van der Waals surface area contributed by atoms with Crippen molar-refractivity contribution >= 4 is 28.8 Å². The van der Waals surface area contributed by atoms with Gasteiger partial charge in [-0.1, -0.05) is 24.4 Å². The van der Waals surface area contributed by atoms with E-state index in [1.807, 2.05) is 32.0 Å². The molecule has 1 rings (SSSR count). The largest absolute Gasteiger partial charge is 0.393 e. The number of nitrogens with one attached hydrogen (secondary N) is 1. The Morgan fingerprint density at radius 1 is 1.38 bits per heavy atom. The molecule has 16 heavy (non-hydrogen) atoms. The maximum absolute atomic E-state index is 11.6. The Morgan fingerprint density at radius 3 is 2.69 bits per heavy atom. The number of amides is 1. The number of nitrogens with two attached hydrogens (primary N) is 1. The van der Waals surface area contributed by atoms with Gasteiger partial charge in [0.2, 0.25) is 5.91 Å². The van der Waals surface area contributed by atoms with Crippen molar-refractivity contribution < 1.29 is 4.79 Å². The van der Waals surface area contributed by atoms with Crippen LogP contribution < -0.4 is 11.1 Å². The monoisotopic (exact) mass is 236 g/mol. The molecular formula is C12H16N2OS. The Bertz CT molecular complexity index is 415. The number of hydrogen-bond donors (Lipinski definition) is 2. The SMILES string of the molecule is Cc1ccc(C)c(NC(=O)CCC(N)=S)c1. The van der Waals surface area contributed by atoms with E-state index in [0.29, 0.717) is 17.8 Å². The van der Waals surface area contributed by atoms with Crippen LogP contribution in [-0.4, -0.2) is 10.9 Å². The minimum absolute atomic E-state index is 0.0542. The first-order valence-corrected chi connectivity index (χ1v) is 5.55. The minimum Gasteiger partial charge on any atom is -0.393 e. The van der Waals surface area contributed by atoms with Crippen LogP contribution in [0, 0.1) is 13.8 Å². The summed E-state index contributed by atoms with van der Waals surface area (Å²) in [6.07, 6.45) is 0.786. The number of hydrogen-bond acceptors (Lipinski definition) is 2. The molecule has 0 heterocycles. The highest BCUT2D eigenvalue weighted by molar-refractivity contribution is 7.80. The molecule has 0 radical (unpaired) electrons. The Labute approximate surface area is 101 Å². The van der Waals surface area contributed by atoms with Crippen molar-refractivity contribution in [3.05, 3.63) is 29.3 Å². The normalized spacial score (nSPS) is 9.88. The van der Waals surface area contributed by atoms with Crippen molar-refractivity contribution in [1.29, 1.82) is 0 Å². The zero-order valence-corrected chi connectivity index (χ0v) is 10.4. The number of aryl methyl sites for hydroxylation is 2. The first kappa shape index (κ1) is 12.6. The van der Waals surface area contributed by atoms with Gasteiger partial charge in [-0.05, 0) is 31.0 Å². The first-order valence-electron chi connectivity index (χ1n) is 5.14. The van der Waals surface area contributed by atoms with Gasteiger partial charge < -0.3 is 11.1 Å². The van der Waals surface area contributed by atoms with Crippen molar-refractivity contribution in [1.82, 2.24) is 0 Å². The minimum atomic E-state index is -0.0542. The fourth-order valence-electron chi connectivity index (χ4n) is 1.32. The van der Waals surface area contributed by atoms with Gasteiger partial charge in [-0.3, -0.25) is 4.79 Å². The summed E-state index contributed by atoms with van der Waals surface area (Å²) in [7, 11) is 0. The lowest BCUT2D eigenvalue weighted by atomic mass is 10.1. The summed E-state index contributed by atoms with van der Waals surface area (Å²) in [5, 5.41) is 2.85. The van der Waals surface area contributed by atoms with Crippen LogP contribution in [-0.2, 0) is 4.79 Å². The van der Waals surface area contributed by atoms with Crippen LogP contribution >= 0.6 is 12.2 Å². The van der Waals surface area contributed by atoms with Crippen LogP contribution in [0.4, 0.5) is 5.69 Å². The molecule has 0 unspecified atom stereocenters. The number of thiocarbonyl (C=S) groups is 1. The molecule has 0 bridgehead atoms. The van der Waals surface area contributed by atoms with Crippen LogP contribution in [0.25, 0.3) is 0 Å². The maximum Gasteiger partial charge on any atom is 0.224 e. The molecule has 4 heteroatoms. The fourth-order valence-corrected chi connectivity index (χ4v) is 1.42. The molecule has 86 valence electrons. The Hall–Kier alpha value is -1.42. The fraction of sp³-hybridized carbons (Fsp3) is 0.333. The molecule has 0 atom stereocenters. The van der Waals surface area contributed by atoms with Gasteiger partial charge in [0.05, 0.1) is 4.99 Å². The van der Waals surface area contributed by atoms with E-state index >= 15 is 0 Å². The second-order valence-electron chi connectivity index (χ2n) is 3.83. The molecule has 0 aromatic heterocycles. The van der Waals surface area contributed by atoms with E-state index < -0.39 is 0 Å². The number of carbonyl (C=O) groups is 1. The second-order valence-corrected chi connectivity index (χ2v) is 4.36. The summed E-state index contributed by atoms with van der Waals surface area (Å²) in [5.41, 5.74) is 8.37. The van der Waals surface area contributed by atoms with E-state index in [4.69, 9.17) is 18.0 Å². The predicted molar refractivity (Wildman–Crippen MR) is 70.6 cm³/mol. The van der Waals surface area contributed by atoms with Gasteiger partial charge in [0.25, 0.3) is 0 Å². The third-order valence-corrected chi connectivity index (χ3v) is 2.47. The standard InChI is InChI=1S/C12H16N2OS/c1-8-3-4-9(2)10(7-8)14-12(15)6-5-11(13)16/h3-4,7H,5-6H2,1-2H3,(H2,13,16)(H,14,15). The van der Waals surface area contributed by atoms with Gasteiger partial charge >= 0.3 is 0 Å². The van der Waals surface area contributed by atoms with E-state index in [2.05, 4.69) is 5.32 Å². The highest BCUT2D eigenvalue weighted by atomic mass is 32.1. The van der Waals surface area contributed by atoms with Crippen LogP contribution in [0.15, 0.2) is 18.2 Å². The van der Waals surface area contributed by atoms with Crippen molar-refractivity contribution in [2.24, 2.45) is 5.73 Å². The second kappa shape index (κ2) is 5.61. The first-order chi connectivity index (χ1) is 7.49. The quantitative estimate of drug-likeness (QED) is 0.789. The lowest BCUT2D eigenvalue weighted by Crippen LogP contribution is -2.16. The van der Waals surface area contributed by atoms with Gasteiger partial charge in [0.1, 0.15) is 0 Å². The van der Waals surface area contributed by atoms with Gasteiger partial charge in [-0.15, -0.1) is 0 Å². The average Bonchev–Trinajstić information content (AvgIpc) is 2.20. The third kappa shape index (κ3) is 3.98. The molecule has 1 amide bonds. The molecule has 3 N–H and O–H groups in total. The summed E-state index contributed by atoms with van der Waals surface area (Å²) in [6.45, 7) is 3.95. The lowest BCUT2D eigenvalue weighted by molar-refractivity contribution is -0.116. The van der Waals surface area contributed by atoms with Crippen LogP contribution in [0.5, 0.6) is 0 Å². The number of carbonyl (C=O) groups excluding carboxylic acids is 1. The molecule has 1 aromatic rings. The van der Waals surface area contributed by atoms with Crippen LogP contribution in [0.2, 0.25) is 0 Å². The highest BCUT2D eigenvalue weighted by Gasteiger charge is 2.05. The van der Waals surface area contributed by atoms with Gasteiger partial charge in [-0.25, -0.2) is 0 Å². The molecule has 0 saturated heterocycles. The summed E-state index contributed by atoms with van der Waals surface area (Å²) < 4.78 is 0. The molecule has 0 aliphatic heterocycles.